The molecule has 1 aromatic carbocycles. The van der Waals surface area contributed by atoms with Gasteiger partial charge in [-0.1, -0.05) is 6.07 Å². The lowest BCUT2D eigenvalue weighted by molar-refractivity contribution is 0.310. The zero-order valence-electron chi connectivity index (χ0n) is 17.9. The lowest BCUT2D eigenvalue weighted by atomic mass is 10.1. The lowest BCUT2D eigenvalue weighted by Gasteiger charge is -2.13. The first-order chi connectivity index (χ1) is 13.5. The summed E-state index contributed by atoms with van der Waals surface area (Å²) in [4.78, 5) is 4.31. The quantitative estimate of drug-likeness (QED) is 0.393. The van der Waals surface area contributed by atoms with E-state index in [0.29, 0.717) is 13.2 Å². The summed E-state index contributed by atoms with van der Waals surface area (Å²) in [5.41, 5.74) is 4.67. The van der Waals surface area contributed by atoms with Gasteiger partial charge in [-0.3, -0.25) is 9.67 Å². The molecule has 1 aromatic heterocycles. The highest BCUT2D eigenvalue weighted by atomic mass is 16.5. The molecule has 2 aromatic rings. The normalized spacial score (nSPS) is 11.4. The predicted molar refractivity (Wildman–Crippen MR) is 113 cm³/mol. The highest BCUT2D eigenvalue weighted by molar-refractivity contribution is 5.79. The Labute approximate surface area is 168 Å². The molecule has 0 bridgehead atoms. The lowest BCUT2D eigenvalue weighted by Crippen LogP contribution is -2.37. The fourth-order valence-electron chi connectivity index (χ4n) is 3.11. The summed E-state index contributed by atoms with van der Waals surface area (Å²) in [6, 6.07) is 6.11. The fraction of sp³-hybridized carbons (Fsp3) is 0.524. The Morgan fingerprint density at radius 1 is 1.21 bits per heavy atom. The van der Waals surface area contributed by atoms with E-state index < -0.39 is 0 Å². The third-order valence-electron chi connectivity index (χ3n) is 4.78. The van der Waals surface area contributed by atoms with E-state index in [1.165, 1.54) is 16.8 Å². The second-order valence-corrected chi connectivity index (χ2v) is 6.65. The molecule has 154 valence electrons. The van der Waals surface area contributed by atoms with Crippen LogP contribution in [-0.2, 0) is 20.0 Å². The zero-order chi connectivity index (χ0) is 20.5. The first-order valence-electron chi connectivity index (χ1n) is 9.73. The van der Waals surface area contributed by atoms with E-state index in [2.05, 4.69) is 39.8 Å². The number of rotatable bonds is 9. The van der Waals surface area contributed by atoms with E-state index in [4.69, 9.17) is 9.47 Å². The Kier molecular flexibility index (Phi) is 8.17. The van der Waals surface area contributed by atoms with Crippen molar-refractivity contribution in [2.45, 2.75) is 40.2 Å². The predicted octanol–water partition coefficient (Wildman–Crippen LogP) is 2.74. The smallest absolute Gasteiger partial charge is 0.191 e. The molecule has 7 heteroatoms. The van der Waals surface area contributed by atoms with E-state index in [9.17, 15) is 0 Å². The highest BCUT2D eigenvalue weighted by Crippen LogP contribution is 2.28. The van der Waals surface area contributed by atoms with Crippen LogP contribution < -0.4 is 20.1 Å². The number of ether oxygens (including phenoxy) is 2. The van der Waals surface area contributed by atoms with Crippen LogP contribution in [-0.4, -0.2) is 43.0 Å². The van der Waals surface area contributed by atoms with Gasteiger partial charge in [0.15, 0.2) is 17.5 Å². The number of nitrogens with zero attached hydrogens (tertiary/aromatic N) is 3. The van der Waals surface area contributed by atoms with Crippen LogP contribution in [0.25, 0.3) is 0 Å². The van der Waals surface area contributed by atoms with Gasteiger partial charge in [0.1, 0.15) is 0 Å². The molecule has 2 rings (SSSR count). The van der Waals surface area contributed by atoms with E-state index in [1.54, 1.807) is 14.2 Å². The van der Waals surface area contributed by atoms with Gasteiger partial charge < -0.3 is 20.1 Å². The molecular weight excluding hydrogens is 354 g/mol. The van der Waals surface area contributed by atoms with Gasteiger partial charge in [-0.15, -0.1) is 0 Å². The number of aliphatic imine (C=N–C) groups is 1. The van der Waals surface area contributed by atoms with E-state index in [-0.39, 0.29) is 0 Å². The van der Waals surface area contributed by atoms with E-state index in [1.807, 2.05) is 31.6 Å². The van der Waals surface area contributed by atoms with Crippen molar-refractivity contribution in [1.82, 2.24) is 20.4 Å². The molecule has 0 atom stereocenters. The molecule has 1 heterocycles. The van der Waals surface area contributed by atoms with Crippen LogP contribution in [0.4, 0.5) is 0 Å². The molecular formula is C21H33N5O2. The summed E-state index contributed by atoms with van der Waals surface area (Å²) in [7, 11) is 5.42. The molecule has 0 fully saturated rings. The Morgan fingerprint density at radius 3 is 2.61 bits per heavy atom. The molecule has 0 radical (unpaired) electrons. The third kappa shape index (κ3) is 5.65. The van der Waals surface area contributed by atoms with Crippen molar-refractivity contribution in [3.8, 4) is 11.5 Å². The van der Waals surface area contributed by atoms with Crippen LogP contribution in [0.1, 0.15) is 35.9 Å². The highest BCUT2D eigenvalue weighted by Gasteiger charge is 2.10. The fourth-order valence-corrected chi connectivity index (χ4v) is 3.11. The van der Waals surface area contributed by atoms with Gasteiger partial charge in [0.2, 0.25) is 0 Å². The molecule has 0 spiro atoms. The van der Waals surface area contributed by atoms with Crippen molar-refractivity contribution in [3.05, 3.63) is 40.7 Å². The van der Waals surface area contributed by atoms with Crippen molar-refractivity contribution in [2.75, 3.05) is 27.3 Å². The summed E-state index contributed by atoms with van der Waals surface area (Å²) in [6.45, 7) is 8.26. The largest absolute Gasteiger partial charge is 0.493 e. The van der Waals surface area contributed by atoms with Crippen molar-refractivity contribution in [3.63, 3.8) is 0 Å². The molecule has 0 aliphatic heterocycles. The summed E-state index contributed by atoms with van der Waals surface area (Å²) in [5.74, 6) is 2.37. The summed E-state index contributed by atoms with van der Waals surface area (Å²) in [5, 5.41) is 11.2. The second kappa shape index (κ2) is 10.6. The minimum atomic E-state index is 0.624. The zero-order valence-corrected chi connectivity index (χ0v) is 17.9. The molecule has 0 aliphatic carbocycles. The van der Waals surface area contributed by atoms with Crippen LogP contribution in [0.3, 0.4) is 0 Å². The van der Waals surface area contributed by atoms with Crippen LogP contribution in [0, 0.1) is 13.8 Å². The van der Waals surface area contributed by atoms with Crippen molar-refractivity contribution < 1.29 is 9.47 Å². The van der Waals surface area contributed by atoms with Gasteiger partial charge in [-0.2, -0.15) is 5.10 Å². The van der Waals surface area contributed by atoms with Gasteiger partial charge in [0, 0.05) is 38.4 Å². The molecule has 28 heavy (non-hydrogen) atoms. The van der Waals surface area contributed by atoms with Crippen LogP contribution in [0.15, 0.2) is 23.2 Å². The number of benzene rings is 1. The third-order valence-corrected chi connectivity index (χ3v) is 4.78. The Balaban J connectivity index is 1.81. The molecule has 0 amide bonds. The SMILES string of the molecule is CCOc1cc(CCCNC(=NC)NCc2c(C)nn(C)c2C)ccc1OC. The number of guanidine groups is 1. The van der Waals surface area contributed by atoms with Gasteiger partial charge in [-0.25, -0.2) is 0 Å². The number of hydrogen-bond donors (Lipinski definition) is 2. The number of hydrogen-bond acceptors (Lipinski definition) is 4. The van der Waals surface area contributed by atoms with Gasteiger partial charge in [-0.05, 0) is 51.3 Å². The number of aromatic nitrogens is 2. The molecule has 0 aliphatic rings. The maximum Gasteiger partial charge on any atom is 0.191 e. The first-order valence-corrected chi connectivity index (χ1v) is 9.73. The molecule has 2 N–H and O–H groups in total. The first kappa shape index (κ1) is 21.6. The standard InChI is InChI=1S/C21H33N5O2/c1-7-28-20-13-17(10-11-19(20)27-6)9-8-12-23-21(22-4)24-14-18-15(2)25-26(5)16(18)3/h10-11,13H,7-9,12,14H2,1-6H3,(H2,22,23,24). The van der Waals surface area contributed by atoms with Crippen molar-refractivity contribution in [2.24, 2.45) is 12.0 Å². The molecule has 0 saturated heterocycles. The Hall–Kier alpha value is -2.70. The van der Waals surface area contributed by atoms with Gasteiger partial charge >= 0.3 is 0 Å². The van der Waals surface area contributed by atoms with Crippen molar-refractivity contribution in [1.29, 1.82) is 0 Å². The summed E-state index contributed by atoms with van der Waals surface area (Å²) >= 11 is 0. The molecule has 7 nitrogen and oxygen atoms in total. The summed E-state index contributed by atoms with van der Waals surface area (Å²) in [6.07, 6.45) is 1.94. The van der Waals surface area contributed by atoms with E-state index in [0.717, 1.165) is 42.5 Å². The monoisotopic (exact) mass is 387 g/mol. The maximum atomic E-state index is 5.65. The van der Waals surface area contributed by atoms with Crippen LogP contribution in [0.2, 0.25) is 0 Å². The van der Waals surface area contributed by atoms with Crippen molar-refractivity contribution >= 4 is 5.96 Å². The molecule has 0 saturated carbocycles. The van der Waals surface area contributed by atoms with Gasteiger partial charge in [0.05, 0.1) is 19.4 Å². The minimum Gasteiger partial charge on any atom is -0.493 e. The Morgan fingerprint density at radius 2 is 2.00 bits per heavy atom. The number of aryl methyl sites for hydroxylation is 3. The van der Waals surface area contributed by atoms with E-state index >= 15 is 0 Å². The molecule has 0 unspecified atom stereocenters. The van der Waals surface area contributed by atoms with Crippen LogP contribution in [0.5, 0.6) is 11.5 Å². The topological polar surface area (TPSA) is 72.7 Å². The average molecular weight is 388 g/mol. The maximum absolute atomic E-state index is 5.65. The second-order valence-electron chi connectivity index (χ2n) is 6.65. The average Bonchev–Trinajstić information content (AvgIpc) is 2.93. The van der Waals surface area contributed by atoms with Crippen LogP contribution >= 0.6 is 0 Å². The summed E-state index contributed by atoms with van der Waals surface area (Å²) < 4.78 is 12.9. The van der Waals surface area contributed by atoms with Gasteiger partial charge in [0.25, 0.3) is 0 Å². The Bertz CT molecular complexity index is 798. The number of nitrogens with one attached hydrogen (secondary N) is 2. The minimum absolute atomic E-state index is 0.624. The number of methoxy groups -OCH3 is 1.